The Morgan fingerprint density at radius 3 is 2.91 bits per heavy atom. The molecule has 1 aliphatic rings. The maximum Gasteiger partial charge on any atom is 0.319 e. The van der Waals surface area contributed by atoms with E-state index in [0.29, 0.717) is 18.0 Å². The third kappa shape index (κ3) is 3.39. The number of nitrogens with one attached hydrogen (secondary N) is 2. The zero-order valence-electron chi connectivity index (χ0n) is 12.8. The molecule has 2 amide bonds. The number of rotatable bonds is 5. The van der Waals surface area contributed by atoms with Crippen LogP contribution in [0.1, 0.15) is 44.9 Å². The molecular formula is C16H21N3O3. The van der Waals surface area contributed by atoms with Crippen molar-refractivity contribution in [2.24, 2.45) is 0 Å². The molecule has 0 radical (unpaired) electrons. The summed E-state index contributed by atoms with van der Waals surface area (Å²) in [6.07, 6.45) is 2.77. The molecule has 0 bridgehead atoms. The Kier molecular flexibility index (Phi) is 3.78. The molecule has 2 aromatic rings. The largest absolute Gasteiger partial charge is 0.440 e. The Labute approximate surface area is 128 Å². The van der Waals surface area contributed by atoms with Gasteiger partial charge < -0.3 is 20.2 Å². The molecule has 0 atom stereocenters. The van der Waals surface area contributed by atoms with Crippen LogP contribution in [0.2, 0.25) is 0 Å². The number of hydrogen-bond donors (Lipinski definition) is 3. The first-order valence-corrected chi connectivity index (χ1v) is 7.57. The number of urea groups is 1. The molecule has 0 spiro atoms. The summed E-state index contributed by atoms with van der Waals surface area (Å²) < 4.78 is 5.70. The number of nitrogens with zero attached hydrogens (tertiary/aromatic N) is 1. The van der Waals surface area contributed by atoms with Crippen LogP contribution in [0.4, 0.5) is 10.5 Å². The van der Waals surface area contributed by atoms with Gasteiger partial charge in [0.2, 0.25) is 0 Å². The Bertz CT molecular complexity index is 689. The van der Waals surface area contributed by atoms with Gasteiger partial charge in [0.15, 0.2) is 11.5 Å². The van der Waals surface area contributed by atoms with Crippen LogP contribution in [0.15, 0.2) is 22.6 Å². The number of hydrogen-bond acceptors (Lipinski definition) is 4. The van der Waals surface area contributed by atoms with Gasteiger partial charge >= 0.3 is 6.03 Å². The Morgan fingerprint density at radius 1 is 1.45 bits per heavy atom. The first-order chi connectivity index (χ1) is 10.5. The zero-order chi connectivity index (χ0) is 15.7. The lowest BCUT2D eigenvalue weighted by atomic mass is 10.0. The first-order valence-electron chi connectivity index (χ1n) is 7.57. The van der Waals surface area contributed by atoms with E-state index < -0.39 is 5.54 Å². The smallest absolute Gasteiger partial charge is 0.319 e. The maximum atomic E-state index is 12.0. The Balaban J connectivity index is 1.69. The molecule has 6 nitrogen and oxygen atoms in total. The van der Waals surface area contributed by atoms with Crippen molar-refractivity contribution in [1.29, 1.82) is 0 Å². The number of oxazole rings is 1. The van der Waals surface area contributed by atoms with Crippen molar-refractivity contribution in [2.45, 2.75) is 44.6 Å². The number of aromatic nitrogens is 1. The van der Waals surface area contributed by atoms with Gasteiger partial charge in [-0.2, -0.15) is 0 Å². The Hall–Kier alpha value is -2.08. The predicted octanol–water partition coefficient (Wildman–Crippen LogP) is 2.99. The standard InChI is InChI=1S/C16H21N3O3/c1-16(2,7-8-20)19-15(21)17-11-5-6-13-12(9-11)18-14(22-13)10-3-4-10/h5-6,9-10,20H,3-4,7-8H2,1-2H3,(H2,17,19,21). The molecular weight excluding hydrogens is 282 g/mol. The van der Waals surface area contributed by atoms with E-state index in [2.05, 4.69) is 15.6 Å². The quantitative estimate of drug-likeness (QED) is 0.792. The van der Waals surface area contributed by atoms with Crippen molar-refractivity contribution in [2.75, 3.05) is 11.9 Å². The molecule has 1 saturated carbocycles. The van der Waals surface area contributed by atoms with Crippen molar-refractivity contribution in [3.05, 3.63) is 24.1 Å². The van der Waals surface area contributed by atoms with Gasteiger partial charge in [0.1, 0.15) is 5.52 Å². The number of carbonyl (C=O) groups excluding carboxylic acids is 1. The summed E-state index contributed by atoms with van der Waals surface area (Å²) in [6.45, 7) is 3.76. The van der Waals surface area contributed by atoms with Crippen LogP contribution in [0.25, 0.3) is 11.1 Å². The number of amides is 2. The van der Waals surface area contributed by atoms with Crippen molar-refractivity contribution in [3.8, 4) is 0 Å². The van der Waals surface area contributed by atoms with E-state index >= 15 is 0 Å². The molecule has 22 heavy (non-hydrogen) atoms. The molecule has 1 aliphatic carbocycles. The SMILES string of the molecule is CC(C)(CCO)NC(=O)Nc1ccc2oc(C3CC3)nc2c1. The highest BCUT2D eigenvalue weighted by molar-refractivity contribution is 5.92. The second-order valence-corrected chi connectivity index (χ2v) is 6.45. The normalized spacial score (nSPS) is 15.0. The van der Waals surface area contributed by atoms with Gasteiger partial charge in [-0.1, -0.05) is 0 Å². The highest BCUT2D eigenvalue weighted by atomic mass is 16.3. The second-order valence-electron chi connectivity index (χ2n) is 6.45. The first kappa shape index (κ1) is 14.8. The lowest BCUT2D eigenvalue weighted by Crippen LogP contribution is -2.46. The van der Waals surface area contributed by atoms with Gasteiger partial charge in [-0.25, -0.2) is 9.78 Å². The van der Waals surface area contributed by atoms with E-state index in [1.54, 1.807) is 6.07 Å². The minimum Gasteiger partial charge on any atom is -0.440 e. The van der Waals surface area contributed by atoms with E-state index in [4.69, 9.17) is 9.52 Å². The average Bonchev–Trinajstić information content (AvgIpc) is 3.18. The number of fused-ring (bicyclic) bond motifs is 1. The van der Waals surface area contributed by atoms with Crippen LogP contribution in [0, 0.1) is 0 Å². The predicted molar refractivity (Wildman–Crippen MR) is 83.9 cm³/mol. The van der Waals surface area contributed by atoms with Crippen molar-refractivity contribution >= 4 is 22.8 Å². The summed E-state index contributed by atoms with van der Waals surface area (Å²) in [6, 6.07) is 5.12. The third-order valence-electron chi connectivity index (χ3n) is 3.78. The summed E-state index contributed by atoms with van der Waals surface area (Å²) >= 11 is 0. The summed E-state index contributed by atoms with van der Waals surface area (Å²) in [5.74, 6) is 1.26. The number of carbonyl (C=O) groups is 1. The average molecular weight is 303 g/mol. The van der Waals surface area contributed by atoms with E-state index in [0.717, 1.165) is 29.8 Å². The fourth-order valence-electron chi connectivity index (χ4n) is 2.34. The van der Waals surface area contributed by atoms with Gasteiger partial charge in [0, 0.05) is 23.8 Å². The minimum absolute atomic E-state index is 0.0299. The number of anilines is 1. The van der Waals surface area contributed by atoms with E-state index in [1.807, 2.05) is 26.0 Å². The minimum atomic E-state index is -0.462. The highest BCUT2D eigenvalue weighted by Crippen LogP contribution is 2.40. The number of benzene rings is 1. The molecule has 6 heteroatoms. The van der Waals surface area contributed by atoms with Crippen LogP contribution >= 0.6 is 0 Å². The van der Waals surface area contributed by atoms with Crippen molar-refractivity contribution in [3.63, 3.8) is 0 Å². The van der Waals surface area contributed by atoms with Crippen LogP contribution in [0.3, 0.4) is 0 Å². The Morgan fingerprint density at radius 2 is 2.23 bits per heavy atom. The summed E-state index contributed by atoms with van der Waals surface area (Å²) in [4.78, 5) is 16.5. The van der Waals surface area contributed by atoms with E-state index in [-0.39, 0.29) is 12.6 Å². The molecule has 1 fully saturated rings. The summed E-state index contributed by atoms with van der Waals surface area (Å²) in [7, 11) is 0. The van der Waals surface area contributed by atoms with E-state index in [1.165, 1.54) is 0 Å². The van der Waals surface area contributed by atoms with Crippen LogP contribution in [0.5, 0.6) is 0 Å². The van der Waals surface area contributed by atoms with Gasteiger partial charge in [-0.05, 0) is 51.3 Å². The molecule has 0 unspecified atom stereocenters. The van der Waals surface area contributed by atoms with Crippen LogP contribution in [-0.2, 0) is 0 Å². The monoisotopic (exact) mass is 303 g/mol. The lowest BCUT2D eigenvalue weighted by molar-refractivity contribution is 0.218. The second kappa shape index (κ2) is 5.61. The molecule has 0 aliphatic heterocycles. The van der Waals surface area contributed by atoms with Crippen molar-refractivity contribution in [1.82, 2.24) is 10.3 Å². The lowest BCUT2D eigenvalue weighted by Gasteiger charge is -2.25. The van der Waals surface area contributed by atoms with Crippen LogP contribution in [-0.4, -0.2) is 28.3 Å². The molecule has 1 aromatic heterocycles. The molecule has 1 aromatic carbocycles. The summed E-state index contributed by atoms with van der Waals surface area (Å²) in [5, 5.41) is 14.6. The van der Waals surface area contributed by atoms with Gasteiger partial charge in [-0.15, -0.1) is 0 Å². The fraction of sp³-hybridized carbons (Fsp3) is 0.500. The number of aliphatic hydroxyl groups is 1. The molecule has 1 heterocycles. The maximum absolute atomic E-state index is 12.0. The van der Waals surface area contributed by atoms with E-state index in [9.17, 15) is 4.79 Å². The van der Waals surface area contributed by atoms with Gasteiger partial charge in [0.25, 0.3) is 0 Å². The highest BCUT2D eigenvalue weighted by Gasteiger charge is 2.29. The zero-order valence-corrected chi connectivity index (χ0v) is 12.8. The fourth-order valence-corrected chi connectivity index (χ4v) is 2.34. The molecule has 0 saturated heterocycles. The topological polar surface area (TPSA) is 87.4 Å². The molecule has 118 valence electrons. The molecule has 3 N–H and O–H groups in total. The molecule has 3 rings (SSSR count). The van der Waals surface area contributed by atoms with Gasteiger partial charge in [-0.3, -0.25) is 0 Å². The number of aliphatic hydroxyl groups excluding tert-OH is 1. The van der Waals surface area contributed by atoms with Gasteiger partial charge in [0.05, 0.1) is 0 Å². The van der Waals surface area contributed by atoms with Crippen LogP contribution < -0.4 is 10.6 Å². The van der Waals surface area contributed by atoms with Crippen molar-refractivity contribution < 1.29 is 14.3 Å². The third-order valence-corrected chi connectivity index (χ3v) is 3.78. The summed E-state index contributed by atoms with van der Waals surface area (Å²) in [5.41, 5.74) is 1.71.